The highest BCUT2D eigenvalue weighted by Crippen LogP contribution is 2.23. The molecule has 0 atom stereocenters. The van der Waals surface area contributed by atoms with E-state index in [4.69, 9.17) is 0 Å². The Kier molecular flexibility index (Phi) is 5.19. The van der Waals surface area contributed by atoms with E-state index in [1.807, 2.05) is 4.90 Å². The Bertz CT molecular complexity index is 460. The Hall–Kier alpha value is -1.10. The van der Waals surface area contributed by atoms with Crippen molar-refractivity contribution >= 4 is 21.8 Å². The van der Waals surface area contributed by atoms with Crippen molar-refractivity contribution in [3.05, 3.63) is 34.2 Å². The highest BCUT2D eigenvalue weighted by atomic mass is 79.9. The molecule has 4 nitrogen and oxygen atoms in total. The van der Waals surface area contributed by atoms with Crippen molar-refractivity contribution in [2.45, 2.75) is 38.1 Å². The van der Waals surface area contributed by atoms with E-state index in [9.17, 15) is 9.59 Å². The fourth-order valence-electron chi connectivity index (χ4n) is 2.64. The number of pyridine rings is 1. The lowest BCUT2D eigenvalue weighted by molar-refractivity contribution is 0.0650. The summed E-state index contributed by atoms with van der Waals surface area (Å²) in [5.41, 5.74) is 0.382. The molecule has 1 aliphatic rings. The van der Waals surface area contributed by atoms with Crippen LogP contribution in [0.3, 0.4) is 0 Å². The van der Waals surface area contributed by atoms with E-state index in [0.29, 0.717) is 18.2 Å². The molecule has 0 radical (unpaired) electrons. The quantitative estimate of drug-likeness (QED) is 0.864. The Labute approximate surface area is 121 Å². The summed E-state index contributed by atoms with van der Waals surface area (Å²) in [4.78, 5) is 28.1. The lowest BCUT2D eigenvalue weighted by atomic mass is 9.94. The minimum Gasteiger partial charge on any atom is -0.335 e. The zero-order chi connectivity index (χ0) is 13.7. The molecule has 19 heavy (non-hydrogen) atoms. The van der Waals surface area contributed by atoms with Gasteiger partial charge in [-0.15, -0.1) is 0 Å². The zero-order valence-corrected chi connectivity index (χ0v) is 12.5. The van der Waals surface area contributed by atoms with E-state index in [2.05, 4.69) is 20.9 Å². The number of nitrogens with one attached hydrogen (secondary N) is 1. The predicted molar refractivity (Wildman–Crippen MR) is 78.8 cm³/mol. The molecule has 1 heterocycles. The van der Waals surface area contributed by atoms with Gasteiger partial charge in [0.25, 0.3) is 5.91 Å². The standard InChI is InChI=1S/C14H19BrN2O2/c15-8-9-17(12-4-2-1-3-5-12)14(19)11-6-7-13(18)16-10-11/h6-7,10,12H,1-5,8-9H2,(H,16,18). The number of aromatic amines is 1. The van der Waals surface area contributed by atoms with Gasteiger partial charge in [0.1, 0.15) is 0 Å². The summed E-state index contributed by atoms with van der Waals surface area (Å²) in [5, 5.41) is 0.776. The molecular weight excluding hydrogens is 308 g/mol. The smallest absolute Gasteiger partial charge is 0.255 e. The monoisotopic (exact) mass is 326 g/mol. The van der Waals surface area contributed by atoms with E-state index in [1.54, 1.807) is 6.07 Å². The van der Waals surface area contributed by atoms with Crippen LogP contribution < -0.4 is 5.56 Å². The van der Waals surface area contributed by atoms with E-state index >= 15 is 0 Å². The topological polar surface area (TPSA) is 53.2 Å². The van der Waals surface area contributed by atoms with Gasteiger partial charge in [-0.05, 0) is 18.9 Å². The summed E-state index contributed by atoms with van der Waals surface area (Å²) in [6.07, 6.45) is 7.34. The van der Waals surface area contributed by atoms with Crippen LogP contribution in [0.25, 0.3) is 0 Å². The second-order valence-electron chi connectivity index (χ2n) is 4.92. The summed E-state index contributed by atoms with van der Waals surface area (Å²) in [7, 11) is 0. The molecule has 0 unspecified atom stereocenters. The van der Waals surface area contributed by atoms with Crippen LogP contribution in [0.5, 0.6) is 0 Å². The van der Waals surface area contributed by atoms with Crippen LogP contribution in [0.1, 0.15) is 42.5 Å². The van der Waals surface area contributed by atoms with Gasteiger partial charge in [-0.1, -0.05) is 35.2 Å². The fourth-order valence-corrected chi connectivity index (χ4v) is 3.03. The van der Waals surface area contributed by atoms with Gasteiger partial charge in [0.15, 0.2) is 0 Å². The minimum absolute atomic E-state index is 0.0163. The number of halogens is 1. The molecule has 0 aromatic carbocycles. The molecule has 104 valence electrons. The molecule has 0 spiro atoms. The highest BCUT2D eigenvalue weighted by Gasteiger charge is 2.25. The molecule has 0 aliphatic heterocycles. The Morgan fingerprint density at radius 3 is 2.63 bits per heavy atom. The minimum atomic E-state index is -0.179. The summed E-state index contributed by atoms with van der Waals surface area (Å²) in [5.74, 6) is 0.0163. The molecule has 1 aromatic heterocycles. The predicted octanol–water partition coefficient (Wildman–Crippen LogP) is 2.54. The Balaban J connectivity index is 2.15. The van der Waals surface area contributed by atoms with E-state index in [0.717, 1.165) is 18.2 Å². The third-order valence-corrected chi connectivity index (χ3v) is 3.99. The van der Waals surface area contributed by atoms with Gasteiger partial charge in [-0.3, -0.25) is 9.59 Å². The van der Waals surface area contributed by atoms with Crippen LogP contribution in [0.4, 0.5) is 0 Å². The number of amides is 1. The second kappa shape index (κ2) is 6.89. The van der Waals surface area contributed by atoms with Crippen LogP contribution >= 0.6 is 15.9 Å². The number of H-pyrrole nitrogens is 1. The molecule has 5 heteroatoms. The fraction of sp³-hybridized carbons (Fsp3) is 0.571. The normalized spacial score (nSPS) is 16.3. The second-order valence-corrected chi connectivity index (χ2v) is 5.71. The summed E-state index contributed by atoms with van der Waals surface area (Å²) in [6, 6.07) is 3.34. The molecule has 1 aliphatic carbocycles. The number of hydrogen-bond acceptors (Lipinski definition) is 2. The van der Waals surface area contributed by atoms with Crippen molar-refractivity contribution in [3.8, 4) is 0 Å². The maximum absolute atomic E-state index is 12.5. The van der Waals surface area contributed by atoms with Crippen molar-refractivity contribution in [2.75, 3.05) is 11.9 Å². The number of alkyl halides is 1. The largest absolute Gasteiger partial charge is 0.335 e. The summed E-state index contributed by atoms with van der Waals surface area (Å²) in [6.45, 7) is 0.711. The molecule has 1 N–H and O–H groups in total. The molecule has 2 rings (SSSR count). The third kappa shape index (κ3) is 3.69. The summed E-state index contributed by atoms with van der Waals surface area (Å²) < 4.78 is 0. The number of carbonyl (C=O) groups is 1. The lowest BCUT2D eigenvalue weighted by Crippen LogP contribution is -2.42. The Morgan fingerprint density at radius 2 is 2.05 bits per heavy atom. The van der Waals surface area contributed by atoms with Crippen molar-refractivity contribution in [3.63, 3.8) is 0 Å². The average molecular weight is 327 g/mol. The molecular formula is C14H19BrN2O2. The van der Waals surface area contributed by atoms with E-state index in [-0.39, 0.29) is 11.5 Å². The Morgan fingerprint density at radius 1 is 1.32 bits per heavy atom. The maximum Gasteiger partial charge on any atom is 0.255 e. The average Bonchev–Trinajstić information content (AvgIpc) is 2.46. The van der Waals surface area contributed by atoms with Gasteiger partial charge in [-0.2, -0.15) is 0 Å². The molecule has 1 amide bonds. The number of nitrogens with zero attached hydrogens (tertiary/aromatic N) is 1. The van der Waals surface area contributed by atoms with Gasteiger partial charge >= 0.3 is 0 Å². The van der Waals surface area contributed by atoms with Crippen molar-refractivity contribution in [1.29, 1.82) is 0 Å². The van der Waals surface area contributed by atoms with Crippen LogP contribution in [-0.4, -0.2) is 33.7 Å². The zero-order valence-electron chi connectivity index (χ0n) is 10.9. The van der Waals surface area contributed by atoms with Crippen LogP contribution in [-0.2, 0) is 0 Å². The van der Waals surface area contributed by atoms with E-state index in [1.165, 1.54) is 31.5 Å². The summed E-state index contributed by atoms with van der Waals surface area (Å²) >= 11 is 3.42. The van der Waals surface area contributed by atoms with Crippen LogP contribution in [0.2, 0.25) is 0 Å². The number of rotatable bonds is 4. The number of hydrogen-bond donors (Lipinski definition) is 1. The van der Waals surface area contributed by atoms with Gasteiger partial charge in [0, 0.05) is 30.2 Å². The maximum atomic E-state index is 12.5. The van der Waals surface area contributed by atoms with Crippen LogP contribution in [0.15, 0.2) is 23.1 Å². The third-order valence-electron chi connectivity index (χ3n) is 3.63. The first-order valence-electron chi connectivity index (χ1n) is 6.78. The molecule has 1 saturated carbocycles. The van der Waals surface area contributed by atoms with Gasteiger partial charge in [0.05, 0.1) is 5.56 Å². The molecule has 1 fully saturated rings. The first kappa shape index (κ1) is 14.3. The van der Waals surface area contributed by atoms with Gasteiger partial charge < -0.3 is 9.88 Å². The lowest BCUT2D eigenvalue weighted by Gasteiger charge is -2.34. The van der Waals surface area contributed by atoms with Crippen LogP contribution in [0, 0.1) is 0 Å². The highest BCUT2D eigenvalue weighted by molar-refractivity contribution is 9.09. The first-order valence-corrected chi connectivity index (χ1v) is 7.90. The van der Waals surface area contributed by atoms with Crippen molar-refractivity contribution in [1.82, 2.24) is 9.88 Å². The van der Waals surface area contributed by atoms with Gasteiger partial charge in [-0.25, -0.2) is 0 Å². The number of aromatic nitrogens is 1. The SMILES string of the molecule is O=C(c1ccc(=O)[nH]c1)N(CCBr)C1CCCCC1. The van der Waals surface area contributed by atoms with Crippen molar-refractivity contribution < 1.29 is 4.79 Å². The molecule has 0 saturated heterocycles. The molecule has 1 aromatic rings. The van der Waals surface area contributed by atoms with Crippen molar-refractivity contribution in [2.24, 2.45) is 0 Å². The van der Waals surface area contributed by atoms with Gasteiger partial charge in [0.2, 0.25) is 5.56 Å². The molecule has 0 bridgehead atoms. The van der Waals surface area contributed by atoms with E-state index < -0.39 is 0 Å². The first-order chi connectivity index (χ1) is 9.22. The number of carbonyl (C=O) groups excluding carboxylic acids is 1.